The number of nitrogens with one attached hydrogen (secondary N) is 1. The van der Waals surface area contributed by atoms with Gasteiger partial charge in [-0.05, 0) is 25.9 Å². The van der Waals surface area contributed by atoms with Crippen molar-refractivity contribution >= 4 is 23.4 Å². The standard InChI is InChI=1S/C15H26ClN5/c1-4-8-17-15-18-10-13(16)14(19-15)21-9-7-12(11-21)20(5-2)6-3/h10,12H,4-9,11H2,1-3H3,(H,17,18,19). The van der Waals surface area contributed by atoms with E-state index in [0.29, 0.717) is 17.0 Å². The summed E-state index contributed by atoms with van der Waals surface area (Å²) in [5, 5.41) is 3.86. The van der Waals surface area contributed by atoms with Gasteiger partial charge in [-0.15, -0.1) is 0 Å². The first-order valence-electron chi connectivity index (χ1n) is 7.94. The fourth-order valence-electron chi connectivity index (χ4n) is 2.87. The highest BCUT2D eigenvalue weighted by atomic mass is 35.5. The molecule has 21 heavy (non-hydrogen) atoms. The van der Waals surface area contributed by atoms with Gasteiger partial charge in [-0.3, -0.25) is 4.90 Å². The summed E-state index contributed by atoms with van der Waals surface area (Å²) in [6.07, 6.45) is 3.92. The van der Waals surface area contributed by atoms with Crippen LogP contribution in [0.3, 0.4) is 0 Å². The van der Waals surface area contributed by atoms with Crippen molar-refractivity contribution in [3.05, 3.63) is 11.2 Å². The lowest BCUT2D eigenvalue weighted by Crippen LogP contribution is -2.37. The first kappa shape index (κ1) is 16.3. The van der Waals surface area contributed by atoms with E-state index in [1.807, 2.05) is 0 Å². The monoisotopic (exact) mass is 311 g/mol. The molecule has 2 heterocycles. The summed E-state index contributed by atoms with van der Waals surface area (Å²) < 4.78 is 0. The van der Waals surface area contributed by atoms with Crippen LogP contribution in [0.4, 0.5) is 11.8 Å². The molecule has 1 saturated heterocycles. The Bertz CT molecular complexity index is 450. The van der Waals surface area contributed by atoms with Crippen molar-refractivity contribution in [2.45, 2.75) is 39.7 Å². The van der Waals surface area contributed by atoms with Crippen LogP contribution in [0.2, 0.25) is 5.02 Å². The Morgan fingerprint density at radius 2 is 2.14 bits per heavy atom. The smallest absolute Gasteiger partial charge is 0.224 e. The summed E-state index contributed by atoms with van der Waals surface area (Å²) in [4.78, 5) is 13.6. The number of nitrogens with zero attached hydrogens (tertiary/aromatic N) is 4. The van der Waals surface area contributed by atoms with Crippen LogP contribution in [0.25, 0.3) is 0 Å². The second-order valence-electron chi connectivity index (χ2n) is 5.40. The molecule has 1 aliphatic rings. The number of likely N-dealkylation sites (N-methyl/N-ethyl adjacent to an activating group) is 1. The molecule has 1 unspecified atom stereocenters. The summed E-state index contributed by atoms with van der Waals surface area (Å²) in [5.74, 6) is 1.53. The zero-order valence-electron chi connectivity index (χ0n) is 13.3. The number of aromatic nitrogens is 2. The fourth-order valence-corrected chi connectivity index (χ4v) is 3.08. The quantitative estimate of drug-likeness (QED) is 0.839. The van der Waals surface area contributed by atoms with Crippen molar-refractivity contribution in [1.29, 1.82) is 0 Å². The molecule has 0 aliphatic carbocycles. The minimum atomic E-state index is 0.595. The molecular formula is C15H26ClN5. The first-order chi connectivity index (χ1) is 10.2. The lowest BCUT2D eigenvalue weighted by Gasteiger charge is -2.26. The average Bonchev–Trinajstić information content (AvgIpc) is 2.97. The lowest BCUT2D eigenvalue weighted by molar-refractivity contribution is 0.232. The third kappa shape index (κ3) is 3.98. The molecule has 1 atom stereocenters. The Labute approximate surface area is 132 Å². The third-order valence-corrected chi connectivity index (χ3v) is 4.32. The van der Waals surface area contributed by atoms with Crippen molar-refractivity contribution in [2.75, 3.05) is 42.9 Å². The predicted octanol–water partition coefficient (Wildman–Crippen LogP) is 2.87. The minimum Gasteiger partial charge on any atom is -0.354 e. The van der Waals surface area contributed by atoms with Gasteiger partial charge in [0.15, 0.2) is 5.82 Å². The normalized spacial score (nSPS) is 18.5. The molecule has 0 amide bonds. The molecule has 118 valence electrons. The van der Waals surface area contributed by atoms with Gasteiger partial charge in [0.2, 0.25) is 5.95 Å². The van der Waals surface area contributed by atoms with E-state index in [4.69, 9.17) is 11.6 Å². The second kappa shape index (κ2) is 7.80. The Kier molecular flexibility index (Phi) is 6.06. The Hall–Kier alpha value is -1.07. The molecule has 1 fully saturated rings. The molecule has 0 aromatic carbocycles. The van der Waals surface area contributed by atoms with E-state index in [0.717, 1.165) is 45.0 Å². The Morgan fingerprint density at radius 3 is 2.81 bits per heavy atom. The highest BCUT2D eigenvalue weighted by molar-refractivity contribution is 6.32. The van der Waals surface area contributed by atoms with Gasteiger partial charge in [-0.2, -0.15) is 4.98 Å². The van der Waals surface area contributed by atoms with E-state index in [1.165, 1.54) is 6.42 Å². The molecule has 2 rings (SSSR count). The van der Waals surface area contributed by atoms with E-state index in [-0.39, 0.29) is 0 Å². The Balaban J connectivity index is 2.08. The number of anilines is 2. The summed E-state index contributed by atoms with van der Waals surface area (Å²) >= 11 is 6.30. The molecule has 6 heteroatoms. The number of halogens is 1. The van der Waals surface area contributed by atoms with Gasteiger partial charge in [-0.25, -0.2) is 4.98 Å². The van der Waals surface area contributed by atoms with Gasteiger partial charge < -0.3 is 10.2 Å². The third-order valence-electron chi connectivity index (χ3n) is 4.05. The maximum atomic E-state index is 6.30. The first-order valence-corrected chi connectivity index (χ1v) is 8.32. The van der Waals surface area contributed by atoms with Crippen LogP contribution in [0.5, 0.6) is 0 Å². The van der Waals surface area contributed by atoms with E-state index >= 15 is 0 Å². The van der Waals surface area contributed by atoms with Crippen molar-refractivity contribution in [3.63, 3.8) is 0 Å². The van der Waals surface area contributed by atoms with Gasteiger partial charge in [0.1, 0.15) is 5.02 Å². The highest BCUT2D eigenvalue weighted by Crippen LogP contribution is 2.28. The lowest BCUT2D eigenvalue weighted by atomic mass is 10.2. The van der Waals surface area contributed by atoms with Crippen molar-refractivity contribution in [1.82, 2.24) is 14.9 Å². The van der Waals surface area contributed by atoms with Gasteiger partial charge in [-0.1, -0.05) is 32.4 Å². The number of rotatable bonds is 7. The maximum Gasteiger partial charge on any atom is 0.224 e. The zero-order valence-corrected chi connectivity index (χ0v) is 14.0. The van der Waals surface area contributed by atoms with E-state index in [9.17, 15) is 0 Å². The molecule has 1 aliphatic heterocycles. The zero-order chi connectivity index (χ0) is 15.2. The van der Waals surface area contributed by atoms with Gasteiger partial charge in [0, 0.05) is 25.7 Å². The van der Waals surface area contributed by atoms with Crippen LogP contribution < -0.4 is 10.2 Å². The molecule has 0 bridgehead atoms. The van der Waals surface area contributed by atoms with Crippen LogP contribution in [-0.4, -0.2) is 53.6 Å². The minimum absolute atomic E-state index is 0.595. The topological polar surface area (TPSA) is 44.3 Å². The summed E-state index contributed by atoms with van der Waals surface area (Å²) in [6.45, 7) is 11.6. The van der Waals surface area contributed by atoms with Crippen molar-refractivity contribution in [2.24, 2.45) is 0 Å². The average molecular weight is 312 g/mol. The molecule has 1 N–H and O–H groups in total. The van der Waals surface area contributed by atoms with E-state index in [2.05, 4.69) is 45.9 Å². The molecule has 1 aromatic heterocycles. The van der Waals surface area contributed by atoms with E-state index < -0.39 is 0 Å². The van der Waals surface area contributed by atoms with Crippen LogP contribution >= 0.6 is 11.6 Å². The van der Waals surface area contributed by atoms with Crippen LogP contribution in [0.1, 0.15) is 33.6 Å². The van der Waals surface area contributed by atoms with Crippen molar-refractivity contribution < 1.29 is 0 Å². The van der Waals surface area contributed by atoms with Gasteiger partial charge in [0.25, 0.3) is 0 Å². The molecular weight excluding hydrogens is 286 g/mol. The van der Waals surface area contributed by atoms with Crippen LogP contribution in [-0.2, 0) is 0 Å². The molecule has 1 aromatic rings. The molecule has 0 saturated carbocycles. The summed E-state index contributed by atoms with van der Waals surface area (Å²) in [6, 6.07) is 0.595. The highest BCUT2D eigenvalue weighted by Gasteiger charge is 2.28. The molecule has 0 radical (unpaired) electrons. The molecule has 0 spiro atoms. The second-order valence-corrected chi connectivity index (χ2v) is 5.81. The fraction of sp³-hybridized carbons (Fsp3) is 0.733. The number of hydrogen-bond donors (Lipinski definition) is 1. The SMILES string of the molecule is CCCNc1ncc(Cl)c(N2CCC(N(CC)CC)C2)n1. The van der Waals surface area contributed by atoms with Gasteiger partial charge >= 0.3 is 0 Å². The largest absolute Gasteiger partial charge is 0.354 e. The number of hydrogen-bond acceptors (Lipinski definition) is 5. The maximum absolute atomic E-state index is 6.30. The van der Waals surface area contributed by atoms with E-state index in [1.54, 1.807) is 6.20 Å². The predicted molar refractivity (Wildman–Crippen MR) is 89.4 cm³/mol. The van der Waals surface area contributed by atoms with Crippen molar-refractivity contribution in [3.8, 4) is 0 Å². The van der Waals surface area contributed by atoms with Gasteiger partial charge in [0.05, 0.1) is 6.20 Å². The van der Waals surface area contributed by atoms with Crippen LogP contribution in [0.15, 0.2) is 6.20 Å². The Morgan fingerprint density at radius 1 is 1.38 bits per heavy atom. The summed E-state index contributed by atoms with van der Waals surface area (Å²) in [7, 11) is 0. The molecule has 5 nitrogen and oxygen atoms in total. The summed E-state index contributed by atoms with van der Waals surface area (Å²) in [5.41, 5.74) is 0. The van der Waals surface area contributed by atoms with Crippen LogP contribution in [0, 0.1) is 0 Å².